The third-order valence-corrected chi connectivity index (χ3v) is 4.74. The van der Waals surface area contributed by atoms with Crippen LogP contribution in [0, 0.1) is 0 Å². The van der Waals surface area contributed by atoms with Gasteiger partial charge in [0.05, 0.1) is 37.1 Å². The van der Waals surface area contributed by atoms with Crippen molar-refractivity contribution in [3.63, 3.8) is 0 Å². The smallest absolute Gasteiger partial charge is 0.335 e. The number of ether oxygens (including phenoxy) is 3. The van der Waals surface area contributed by atoms with Crippen LogP contribution in [0.25, 0.3) is 0 Å². The van der Waals surface area contributed by atoms with Crippen LogP contribution in [0.3, 0.4) is 0 Å². The van der Waals surface area contributed by atoms with Gasteiger partial charge in [0.2, 0.25) is 0 Å². The molecule has 0 spiro atoms. The molecule has 0 unspecified atom stereocenters. The molecule has 0 aliphatic carbocycles. The fraction of sp³-hybridized carbons (Fsp3) is 0.333. The second-order valence-electron chi connectivity index (χ2n) is 6.72. The number of nitrogens with zero attached hydrogens (tertiary/aromatic N) is 1. The predicted octanol–water partition coefficient (Wildman–Crippen LogP) is 1.95. The summed E-state index contributed by atoms with van der Waals surface area (Å²) in [6, 6.07) is 9.30. The molecule has 0 bridgehead atoms. The number of carbonyl (C=O) groups is 2. The number of methoxy groups -OCH3 is 1. The molecule has 1 heterocycles. The molecule has 0 aromatic heterocycles. The Hall–Kier alpha value is -3.30. The lowest BCUT2D eigenvalue weighted by Gasteiger charge is -2.26. The van der Waals surface area contributed by atoms with Crippen LogP contribution in [0.1, 0.15) is 20.7 Å². The van der Waals surface area contributed by atoms with Crippen molar-refractivity contribution in [3.05, 3.63) is 47.5 Å². The minimum atomic E-state index is -1.10. The molecule has 1 aliphatic heterocycles. The summed E-state index contributed by atoms with van der Waals surface area (Å²) in [4.78, 5) is 25.3. The Balaban J connectivity index is 1.76. The monoisotopic (exact) mass is 415 g/mol. The molecule has 2 aromatic carbocycles. The molecule has 0 radical (unpaired) electrons. The van der Waals surface area contributed by atoms with Crippen molar-refractivity contribution in [2.24, 2.45) is 5.73 Å². The van der Waals surface area contributed by atoms with Gasteiger partial charge in [0, 0.05) is 31.4 Å². The Morgan fingerprint density at radius 2 is 1.93 bits per heavy atom. The molecule has 3 rings (SSSR count). The average molecular weight is 415 g/mol. The van der Waals surface area contributed by atoms with Crippen molar-refractivity contribution in [2.75, 3.05) is 51.9 Å². The first-order valence-corrected chi connectivity index (χ1v) is 9.53. The first kappa shape index (κ1) is 21.4. The highest BCUT2D eigenvalue weighted by molar-refractivity contribution is 6.01. The molecule has 1 fully saturated rings. The summed E-state index contributed by atoms with van der Waals surface area (Å²) in [5.74, 6) is -0.663. The Morgan fingerprint density at radius 3 is 2.60 bits per heavy atom. The number of amides is 1. The lowest BCUT2D eigenvalue weighted by atomic mass is 10.1. The topological polar surface area (TPSA) is 123 Å². The van der Waals surface area contributed by atoms with Crippen molar-refractivity contribution < 1.29 is 28.9 Å². The van der Waals surface area contributed by atoms with Gasteiger partial charge in [0.15, 0.2) is 11.5 Å². The summed E-state index contributed by atoms with van der Waals surface area (Å²) in [6.07, 6.45) is 0. The number of nitrogens with one attached hydrogen (secondary N) is 1. The average Bonchev–Trinajstić information content (AvgIpc) is 2.74. The molecular formula is C21H25N3O6. The standard InChI is InChI=1S/C21H25N3O6/c1-28-18-5-3-15(13-19(18)30-11-8-24-6-9-29-10-7-24)23-17-12-14(21(26)27)2-4-16(17)20(22)25/h2-5,12-13,23H,6-11H2,1H3,(H2,22,25)(H,26,27). The van der Waals surface area contributed by atoms with E-state index in [0.29, 0.717) is 29.5 Å². The maximum absolute atomic E-state index is 11.7. The number of anilines is 2. The number of carboxylic acid groups (broad SMARTS) is 1. The second-order valence-corrected chi connectivity index (χ2v) is 6.72. The molecule has 1 saturated heterocycles. The van der Waals surface area contributed by atoms with Gasteiger partial charge in [-0.1, -0.05) is 0 Å². The summed E-state index contributed by atoms with van der Waals surface area (Å²) in [6.45, 7) is 4.42. The van der Waals surface area contributed by atoms with Gasteiger partial charge in [0.1, 0.15) is 6.61 Å². The summed E-state index contributed by atoms with van der Waals surface area (Å²) in [5, 5.41) is 12.3. The number of aromatic carboxylic acids is 1. The zero-order chi connectivity index (χ0) is 21.5. The van der Waals surface area contributed by atoms with E-state index in [4.69, 9.17) is 19.9 Å². The van der Waals surface area contributed by atoms with Crippen LogP contribution in [0.4, 0.5) is 11.4 Å². The van der Waals surface area contributed by atoms with E-state index in [2.05, 4.69) is 10.2 Å². The predicted molar refractivity (Wildman–Crippen MR) is 111 cm³/mol. The van der Waals surface area contributed by atoms with Crippen LogP contribution in [-0.2, 0) is 4.74 Å². The number of morpholine rings is 1. The number of benzene rings is 2. The Labute approximate surface area is 174 Å². The van der Waals surface area contributed by atoms with Crippen LogP contribution >= 0.6 is 0 Å². The first-order valence-electron chi connectivity index (χ1n) is 9.53. The summed E-state index contributed by atoms with van der Waals surface area (Å²) in [7, 11) is 1.55. The van der Waals surface area contributed by atoms with Gasteiger partial charge < -0.3 is 30.4 Å². The van der Waals surface area contributed by atoms with Gasteiger partial charge in [-0.3, -0.25) is 9.69 Å². The Kier molecular flexibility index (Phi) is 7.10. The van der Waals surface area contributed by atoms with Crippen molar-refractivity contribution in [2.45, 2.75) is 0 Å². The van der Waals surface area contributed by atoms with Crippen LogP contribution in [0.5, 0.6) is 11.5 Å². The van der Waals surface area contributed by atoms with E-state index < -0.39 is 11.9 Å². The summed E-state index contributed by atoms with van der Waals surface area (Å²) in [5.41, 5.74) is 6.54. The molecule has 9 heteroatoms. The largest absolute Gasteiger partial charge is 0.493 e. The van der Waals surface area contributed by atoms with E-state index >= 15 is 0 Å². The Morgan fingerprint density at radius 1 is 1.17 bits per heavy atom. The van der Waals surface area contributed by atoms with Gasteiger partial charge in [0.25, 0.3) is 5.91 Å². The van der Waals surface area contributed by atoms with Crippen molar-refractivity contribution >= 4 is 23.3 Å². The van der Waals surface area contributed by atoms with Crippen LogP contribution < -0.4 is 20.5 Å². The van der Waals surface area contributed by atoms with Gasteiger partial charge in [-0.25, -0.2) is 4.79 Å². The van der Waals surface area contributed by atoms with E-state index in [1.807, 2.05) is 0 Å². The minimum absolute atomic E-state index is 0.0398. The van der Waals surface area contributed by atoms with E-state index in [-0.39, 0.29) is 11.1 Å². The second kappa shape index (κ2) is 9.95. The molecule has 1 aliphatic rings. The van der Waals surface area contributed by atoms with Crippen LogP contribution in [0.15, 0.2) is 36.4 Å². The zero-order valence-electron chi connectivity index (χ0n) is 16.7. The first-order chi connectivity index (χ1) is 14.5. The highest BCUT2D eigenvalue weighted by atomic mass is 16.5. The molecule has 1 amide bonds. The SMILES string of the molecule is COc1ccc(Nc2cc(C(=O)O)ccc2C(N)=O)cc1OCCN1CCOCC1. The molecule has 2 aromatic rings. The van der Waals surface area contributed by atoms with Gasteiger partial charge >= 0.3 is 5.97 Å². The lowest BCUT2D eigenvalue weighted by Crippen LogP contribution is -2.38. The molecule has 160 valence electrons. The maximum Gasteiger partial charge on any atom is 0.335 e. The molecule has 30 heavy (non-hydrogen) atoms. The number of primary amides is 1. The van der Waals surface area contributed by atoms with E-state index in [9.17, 15) is 14.7 Å². The molecule has 9 nitrogen and oxygen atoms in total. The molecular weight excluding hydrogens is 390 g/mol. The van der Waals surface area contributed by atoms with Crippen molar-refractivity contribution in [1.29, 1.82) is 0 Å². The Bertz CT molecular complexity index is 912. The highest BCUT2D eigenvalue weighted by Crippen LogP contribution is 2.32. The third-order valence-electron chi connectivity index (χ3n) is 4.74. The fourth-order valence-electron chi connectivity index (χ4n) is 3.13. The number of carboxylic acids is 1. The van der Waals surface area contributed by atoms with Gasteiger partial charge in [-0.05, 0) is 30.3 Å². The van der Waals surface area contributed by atoms with Crippen LogP contribution in [0.2, 0.25) is 0 Å². The lowest BCUT2D eigenvalue weighted by molar-refractivity contribution is 0.0321. The van der Waals surface area contributed by atoms with E-state index in [1.54, 1.807) is 25.3 Å². The fourth-order valence-corrected chi connectivity index (χ4v) is 3.13. The normalized spacial score (nSPS) is 14.2. The molecule has 0 atom stereocenters. The number of nitrogens with two attached hydrogens (primary N) is 1. The van der Waals surface area contributed by atoms with E-state index in [0.717, 1.165) is 32.8 Å². The van der Waals surface area contributed by atoms with Crippen molar-refractivity contribution in [3.8, 4) is 11.5 Å². The van der Waals surface area contributed by atoms with E-state index in [1.165, 1.54) is 18.2 Å². The number of hydrogen-bond acceptors (Lipinski definition) is 7. The highest BCUT2D eigenvalue weighted by Gasteiger charge is 2.15. The molecule has 4 N–H and O–H groups in total. The van der Waals surface area contributed by atoms with Gasteiger partial charge in [-0.15, -0.1) is 0 Å². The zero-order valence-corrected chi connectivity index (χ0v) is 16.7. The summed E-state index contributed by atoms with van der Waals surface area (Å²) >= 11 is 0. The van der Waals surface area contributed by atoms with Crippen molar-refractivity contribution in [1.82, 2.24) is 4.90 Å². The van der Waals surface area contributed by atoms with Gasteiger partial charge in [-0.2, -0.15) is 0 Å². The number of rotatable bonds is 9. The summed E-state index contributed by atoms with van der Waals surface area (Å²) < 4.78 is 16.6. The maximum atomic E-state index is 11.7. The van der Waals surface area contributed by atoms with Crippen LogP contribution in [-0.4, -0.2) is 68.4 Å². The third kappa shape index (κ3) is 5.40. The quantitative estimate of drug-likeness (QED) is 0.568. The molecule has 0 saturated carbocycles. The number of hydrogen-bond donors (Lipinski definition) is 3. The number of carbonyl (C=O) groups excluding carboxylic acids is 1. The minimum Gasteiger partial charge on any atom is -0.493 e.